The van der Waals surface area contributed by atoms with Gasteiger partial charge in [-0.15, -0.1) is 0 Å². The quantitative estimate of drug-likeness (QED) is 0.104. The van der Waals surface area contributed by atoms with E-state index < -0.39 is 0 Å². The zero-order valence-electron chi connectivity index (χ0n) is 20.4. The Morgan fingerprint density at radius 3 is 2.00 bits per heavy atom. The van der Waals surface area contributed by atoms with E-state index in [9.17, 15) is 0 Å². The molecule has 0 heterocycles. The molecule has 8 nitrogen and oxygen atoms in total. The average Bonchev–Trinajstić information content (AvgIpc) is 2.80. The fourth-order valence-corrected chi connectivity index (χ4v) is 2.63. The number of guanidine groups is 1. The van der Waals surface area contributed by atoms with Crippen molar-refractivity contribution in [1.82, 2.24) is 0 Å². The van der Waals surface area contributed by atoms with E-state index in [2.05, 4.69) is 44.6 Å². The molecule has 0 radical (unpaired) electrons. The number of benzene rings is 1. The van der Waals surface area contributed by atoms with Crippen LogP contribution in [0.4, 0.5) is 11.4 Å². The molecular weight excluding hydrogens is 408 g/mol. The van der Waals surface area contributed by atoms with Crippen LogP contribution in [0, 0.1) is 0 Å². The van der Waals surface area contributed by atoms with Gasteiger partial charge >= 0.3 is 0 Å². The molecule has 0 amide bonds. The molecule has 2 N–H and O–H groups in total. The van der Waals surface area contributed by atoms with Crippen LogP contribution in [0.1, 0.15) is 79.1 Å². The Bertz CT molecular complexity index is 682. The maximum absolute atomic E-state index is 6.27. The van der Waals surface area contributed by atoms with Crippen LogP contribution in [0.5, 0.6) is 11.5 Å². The number of aliphatic imine (C=N–C) groups is 1. The zero-order chi connectivity index (χ0) is 23.6. The van der Waals surface area contributed by atoms with Crippen LogP contribution >= 0.6 is 0 Å². The summed E-state index contributed by atoms with van der Waals surface area (Å²) < 4.78 is 12.2. The lowest BCUT2D eigenvalue weighted by molar-refractivity contribution is 0.117. The van der Waals surface area contributed by atoms with E-state index in [1.807, 2.05) is 6.07 Å². The molecule has 8 heteroatoms. The SMILES string of the molecule is C=N/C(=N\OCCCC)N(OCCCC)c1ccc(N)c(OCCCC)c1OCCCC. The van der Waals surface area contributed by atoms with E-state index in [1.54, 1.807) is 6.07 Å². The maximum Gasteiger partial charge on any atom is 0.290 e. The number of hydrogen-bond donors (Lipinski definition) is 1. The molecule has 32 heavy (non-hydrogen) atoms. The molecule has 1 rings (SSSR count). The third-order valence-electron chi connectivity index (χ3n) is 4.61. The Kier molecular flexibility index (Phi) is 14.7. The van der Waals surface area contributed by atoms with Gasteiger partial charge in [0.05, 0.1) is 25.5 Å². The van der Waals surface area contributed by atoms with E-state index in [1.165, 1.54) is 5.06 Å². The average molecular weight is 451 g/mol. The molecule has 0 aliphatic rings. The smallest absolute Gasteiger partial charge is 0.290 e. The predicted molar refractivity (Wildman–Crippen MR) is 133 cm³/mol. The first kappa shape index (κ1) is 27.6. The van der Waals surface area contributed by atoms with Crippen LogP contribution in [0.15, 0.2) is 22.3 Å². The van der Waals surface area contributed by atoms with Gasteiger partial charge in [-0.3, -0.25) is 4.84 Å². The monoisotopic (exact) mass is 450 g/mol. The van der Waals surface area contributed by atoms with Gasteiger partial charge in [0.15, 0.2) is 11.5 Å². The number of anilines is 2. The molecule has 1 aromatic carbocycles. The van der Waals surface area contributed by atoms with Gasteiger partial charge in [0.25, 0.3) is 5.96 Å². The maximum atomic E-state index is 6.27. The van der Waals surface area contributed by atoms with Gasteiger partial charge in [-0.1, -0.05) is 53.4 Å². The standard InChI is InChI=1S/C24H42N4O4/c1-6-10-16-29-22-20(25)14-15-21(23(22)30-17-11-7-2)28(32-19-13-9-4)24(26-5)27-31-18-12-8-3/h14-15H,5-13,16-19,25H2,1-4H3/b27-24+. The van der Waals surface area contributed by atoms with Crippen LogP contribution in [-0.2, 0) is 9.68 Å². The molecule has 0 aliphatic heterocycles. The second kappa shape index (κ2) is 17.1. The number of nitrogens with zero attached hydrogens (tertiary/aromatic N) is 3. The summed E-state index contributed by atoms with van der Waals surface area (Å²) in [6.45, 7) is 14.1. The summed E-state index contributed by atoms with van der Waals surface area (Å²) in [6, 6.07) is 3.60. The summed E-state index contributed by atoms with van der Waals surface area (Å²) >= 11 is 0. The summed E-state index contributed by atoms with van der Waals surface area (Å²) in [5.41, 5.74) is 7.37. The Labute approximate surface area is 193 Å². The van der Waals surface area contributed by atoms with Crippen molar-refractivity contribution in [2.45, 2.75) is 79.1 Å². The highest BCUT2D eigenvalue weighted by Crippen LogP contribution is 2.43. The Morgan fingerprint density at radius 1 is 0.844 bits per heavy atom. The summed E-state index contributed by atoms with van der Waals surface area (Å²) in [5, 5.41) is 5.66. The second-order valence-electron chi connectivity index (χ2n) is 7.45. The second-order valence-corrected chi connectivity index (χ2v) is 7.45. The summed E-state index contributed by atoms with van der Waals surface area (Å²) in [6.07, 6.45) is 7.61. The first-order valence-electron chi connectivity index (χ1n) is 11.9. The van der Waals surface area contributed by atoms with Gasteiger partial charge in [-0.25, -0.2) is 4.99 Å². The molecule has 0 atom stereocenters. The van der Waals surface area contributed by atoms with E-state index in [-0.39, 0.29) is 5.96 Å². The van der Waals surface area contributed by atoms with Crippen molar-refractivity contribution >= 4 is 24.1 Å². The molecule has 0 fully saturated rings. The minimum absolute atomic E-state index is 0.196. The van der Waals surface area contributed by atoms with Crippen molar-refractivity contribution in [3.05, 3.63) is 12.1 Å². The largest absolute Gasteiger partial charge is 0.488 e. The third-order valence-corrected chi connectivity index (χ3v) is 4.61. The summed E-state index contributed by atoms with van der Waals surface area (Å²) in [5.74, 6) is 1.21. The van der Waals surface area contributed by atoms with Crippen molar-refractivity contribution in [3.8, 4) is 11.5 Å². The lowest BCUT2D eigenvalue weighted by Gasteiger charge is -2.26. The van der Waals surface area contributed by atoms with E-state index >= 15 is 0 Å². The Hall–Kier alpha value is -2.48. The number of hydrogen-bond acceptors (Lipinski definition) is 6. The lowest BCUT2D eigenvalue weighted by Crippen LogP contribution is -2.31. The molecule has 182 valence electrons. The Morgan fingerprint density at radius 2 is 1.41 bits per heavy atom. The van der Waals surface area contributed by atoms with Gasteiger partial charge < -0.3 is 20.0 Å². The van der Waals surface area contributed by atoms with Gasteiger partial charge in [0.2, 0.25) is 0 Å². The van der Waals surface area contributed by atoms with Crippen LogP contribution in [-0.4, -0.2) is 39.1 Å². The summed E-state index contributed by atoms with van der Waals surface area (Å²) in [7, 11) is 0. The Balaban J connectivity index is 3.38. The van der Waals surface area contributed by atoms with Crippen LogP contribution < -0.4 is 20.3 Å². The van der Waals surface area contributed by atoms with E-state index in [0.717, 1.165) is 51.4 Å². The number of nitrogens with two attached hydrogens (primary N) is 1. The molecule has 0 aromatic heterocycles. The van der Waals surface area contributed by atoms with E-state index in [4.69, 9.17) is 24.9 Å². The van der Waals surface area contributed by atoms with Gasteiger partial charge in [-0.2, -0.15) is 5.06 Å². The number of ether oxygens (including phenoxy) is 2. The predicted octanol–water partition coefficient (Wildman–Crippen LogP) is 5.95. The number of oxime groups is 1. The van der Waals surface area contributed by atoms with Crippen molar-refractivity contribution in [1.29, 1.82) is 0 Å². The zero-order valence-corrected chi connectivity index (χ0v) is 20.4. The van der Waals surface area contributed by atoms with E-state index in [0.29, 0.717) is 49.3 Å². The number of hydroxylamine groups is 1. The number of rotatable bonds is 17. The van der Waals surface area contributed by atoms with Crippen molar-refractivity contribution in [3.63, 3.8) is 0 Å². The molecule has 0 saturated carbocycles. The number of nitrogen functional groups attached to an aromatic ring is 1. The molecule has 0 aliphatic carbocycles. The fraction of sp³-hybridized carbons (Fsp3) is 0.667. The van der Waals surface area contributed by atoms with Crippen LogP contribution in [0.25, 0.3) is 0 Å². The minimum atomic E-state index is 0.196. The minimum Gasteiger partial charge on any atom is -0.488 e. The molecule has 0 bridgehead atoms. The highest BCUT2D eigenvalue weighted by Gasteiger charge is 2.24. The van der Waals surface area contributed by atoms with Gasteiger partial charge in [-0.05, 0) is 49.7 Å². The molecule has 0 saturated heterocycles. The number of unbranched alkanes of at least 4 members (excludes halogenated alkanes) is 4. The molecule has 1 aromatic rings. The topological polar surface area (TPSA) is 90.9 Å². The first-order valence-corrected chi connectivity index (χ1v) is 11.9. The summed E-state index contributed by atoms with van der Waals surface area (Å²) in [4.78, 5) is 15.6. The normalized spacial score (nSPS) is 11.3. The van der Waals surface area contributed by atoms with Gasteiger partial charge in [0.1, 0.15) is 12.3 Å². The van der Waals surface area contributed by atoms with Crippen LogP contribution in [0.3, 0.4) is 0 Å². The molecule has 0 spiro atoms. The highest BCUT2D eigenvalue weighted by atomic mass is 16.7. The van der Waals surface area contributed by atoms with Gasteiger partial charge in [0, 0.05) is 0 Å². The fourth-order valence-electron chi connectivity index (χ4n) is 2.63. The lowest BCUT2D eigenvalue weighted by atomic mass is 10.2. The molecular formula is C24H42N4O4. The third kappa shape index (κ3) is 9.34. The highest BCUT2D eigenvalue weighted by molar-refractivity contribution is 5.98. The van der Waals surface area contributed by atoms with Crippen LogP contribution in [0.2, 0.25) is 0 Å². The van der Waals surface area contributed by atoms with Crippen molar-refractivity contribution < 1.29 is 19.1 Å². The van der Waals surface area contributed by atoms with Crippen molar-refractivity contribution in [2.24, 2.45) is 10.1 Å². The molecule has 0 unspecified atom stereocenters. The first-order chi connectivity index (χ1) is 15.6. The van der Waals surface area contributed by atoms with Crippen molar-refractivity contribution in [2.75, 3.05) is 37.2 Å².